The minimum absolute atomic E-state index is 1.11. The van der Waals surface area contributed by atoms with Gasteiger partial charge in [0.2, 0.25) is 0 Å². The second-order valence-electron chi connectivity index (χ2n) is 4.57. The third-order valence-electron chi connectivity index (χ3n) is 3.03. The number of thioether (sulfide) groups is 1. The first-order valence-corrected chi connectivity index (χ1v) is 7.03. The van der Waals surface area contributed by atoms with Crippen molar-refractivity contribution in [2.45, 2.75) is 4.90 Å². The average molecular weight is 251 g/mol. The van der Waals surface area contributed by atoms with E-state index in [9.17, 15) is 0 Å². The van der Waals surface area contributed by atoms with Gasteiger partial charge < -0.3 is 15.1 Å². The number of nitrogens with one attached hydrogen (secondary N) is 1. The molecular weight excluding hydrogens is 230 g/mol. The van der Waals surface area contributed by atoms with E-state index >= 15 is 0 Å². The molecule has 1 aliphatic rings. The van der Waals surface area contributed by atoms with Crippen LogP contribution in [0.3, 0.4) is 0 Å². The van der Waals surface area contributed by atoms with Gasteiger partial charge in [0.15, 0.2) is 0 Å². The largest absolute Gasteiger partial charge is 0.388 e. The van der Waals surface area contributed by atoms with Crippen molar-refractivity contribution in [3.8, 4) is 0 Å². The molecule has 3 nitrogen and oxygen atoms in total. The highest BCUT2D eigenvalue weighted by Crippen LogP contribution is 2.36. The Balaban J connectivity index is 2.14. The second kappa shape index (κ2) is 5.65. The van der Waals surface area contributed by atoms with Crippen LogP contribution < -0.4 is 10.2 Å². The Kier molecular flexibility index (Phi) is 4.18. The third-order valence-corrected chi connectivity index (χ3v) is 4.05. The summed E-state index contributed by atoms with van der Waals surface area (Å²) in [6.07, 6.45) is 0. The maximum Gasteiger partial charge on any atom is 0.0506 e. The van der Waals surface area contributed by atoms with E-state index in [0.717, 1.165) is 19.6 Å². The molecule has 0 atom stereocenters. The molecule has 0 unspecified atom stereocenters. The quantitative estimate of drug-likeness (QED) is 0.884. The maximum atomic E-state index is 3.20. The van der Waals surface area contributed by atoms with E-state index in [-0.39, 0.29) is 0 Å². The zero-order valence-electron chi connectivity index (χ0n) is 10.9. The molecule has 17 heavy (non-hydrogen) atoms. The molecule has 2 rings (SSSR count). The lowest BCUT2D eigenvalue weighted by molar-refractivity contribution is 0.413. The van der Waals surface area contributed by atoms with Gasteiger partial charge in [0.1, 0.15) is 0 Å². The van der Waals surface area contributed by atoms with Gasteiger partial charge in [-0.25, -0.2) is 0 Å². The summed E-state index contributed by atoms with van der Waals surface area (Å²) in [4.78, 5) is 6.14. The first-order valence-electron chi connectivity index (χ1n) is 6.05. The average Bonchev–Trinajstić information content (AvgIpc) is 2.35. The highest BCUT2D eigenvalue weighted by atomic mass is 32.2. The van der Waals surface area contributed by atoms with E-state index < -0.39 is 0 Å². The van der Waals surface area contributed by atoms with Gasteiger partial charge in [-0.3, -0.25) is 0 Å². The molecule has 1 N–H and O–H groups in total. The van der Waals surface area contributed by atoms with Crippen molar-refractivity contribution in [1.82, 2.24) is 4.90 Å². The predicted molar refractivity (Wildman–Crippen MR) is 77.5 cm³/mol. The van der Waals surface area contributed by atoms with Gasteiger partial charge in [0, 0.05) is 43.0 Å². The lowest BCUT2D eigenvalue weighted by atomic mass is 10.2. The number of hydrogen-bond donors (Lipinski definition) is 1. The number of benzene rings is 1. The Morgan fingerprint density at radius 1 is 1.41 bits per heavy atom. The lowest BCUT2D eigenvalue weighted by Crippen LogP contribution is -2.35. The van der Waals surface area contributed by atoms with Crippen LogP contribution in [-0.4, -0.2) is 51.4 Å². The summed E-state index contributed by atoms with van der Waals surface area (Å²) in [6.45, 7) is 3.38. The van der Waals surface area contributed by atoms with E-state index in [1.165, 1.54) is 22.0 Å². The molecule has 0 amide bonds. The van der Waals surface area contributed by atoms with E-state index in [2.05, 4.69) is 47.4 Å². The van der Waals surface area contributed by atoms with E-state index in [1.807, 2.05) is 18.8 Å². The normalized spacial score (nSPS) is 14.9. The molecule has 1 aromatic carbocycles. The van der Waals surface area contributed by atoms with Crippen molar-refractivity contribution in [2.24, 2.45) is 0 Å². The third kappa shape index (κ3) is 3.07. The molecule has 0 spiro atoms. The zero-order valence-corrected chi connectivity index (χ0v) is 11.7. The van der Waals surface area contributed by atoms with Crippen LogP contribution in [0.5, 0.6) is 0 Å². The van der Waals surface area contributed by atoms with Crippen LogP contribution in [0, 0.1) is 0 Å². The molecule has 0 saturated heterocycles. The fourth-order valence-electron chi connectivity index (χ4n) is 1.99. The number of likely N-dealkylation sites (N-methyl/N-ethyl adjacent to an activating group) is 1. The van der Waals surface area contributed by atoms with Gasteiger partial charge >= 0.3 is 0 Å². The smallest absolute Gasteiger partial charge is 0.0506 e. The highest BCUT2D eigenvalue weighted by Gasteiger charge is 2.17. The first-order chi connectivity index (χ1) is 8.20. The molecule has 1 aliphatic heterocycles. The van der Waals surface area contributed by atoms with Crippen LogP contribution >= 0.6 is 11.8 Å². The van der Waals surface area contributed by atoms with Gasteiger partial charge in [0.05, 0.1) is 5.69 Å². The van der Waals surface area contributed by atoms with Crippen molar-refractivity contribution >= 4 is 23.1 Å². The summed E-state index contributed by atoms with van der Waals surface area (Å²) in [6, 6.07) is 6.65. The molecule has 94 valence electrons. The first kappa shape index (κ1) is 12.6. The van der Waals surface area contributed by atoms with E-state index in [1.54, 1.807) is 0 Å². The molecule has 1 aromatic rings. The van der Waals surface area contributed by atoms with E-state index in [0.29, 0.717) is 0 Å². The van der Waals surface area contributed by atoms with Crippen molar-refractivity contribution in [3.63, 3.8) is 0 Å². The molecule has 1 heterocycles. The fraction of sp³-hybridized carbons (Fsp3) is 0.538. The topological polar surface area (TPSA) is 18.5 Å². The molecule has 0 bridgehead atoms. The summed E-state index contributed by atoms with van der Waals surface area (Å²) in [5, 5.41) is 3.20. The summed E-state index contributed by atoms with van der Waals surface area (Å²) in [7, 11) is 6.23. The van der Waals surface area contributed by atoms with Crippen LogP contribution in [0.25, 0.3) is 0 Å². The van der Waals surface area contributed by atoms with Crippen LogP contribution in [-0.2, 0) is 0 Å². The SMILES string of the molecule is CNc1ccc2c(c1)SCCN2CCN(C)C. The van der Waals surface area contributed by atoms with Crippen LogP contribution in [0.1, 0.15) is 0 Å². The summed E-state index contributed by atoms with van der Waals surface area (Å²) in [5.74, 6) is 1.19. The molecule has 0 saturated carbocycles. The number of anilines is 2. The minimum Gasteiger partial charge on any atom is -0.388 e. The summed E-state index contributed by atoms with van der Waals surface area (Å²) < 4.78 is 0. The molecule has 4 heteroatoms. The maximum absolute atomic E-state index is 3.20. The number of hydrogen-bond acceptors (Lipinski definition) is 4. The summed E-state index contributed by atoms with van der Waals surface area (Å²) >= 11 is 1.96. The summed E-state index contributed by atoms with van der Waals surface area (Å²) in [5.41, 5.74) is 2.59. The Bertz CT molecular complexity index is 379. The number of fused-ring (bicyclic) bond motifs is 1. The van der Waals surface area contributed by atoms with Gasteiger partial charge in [-0.15, -0.1) is 11.8 Å². The van der Waals surface area contributed by atoms with Crippen molar-refractivity contribution < 1.29 is 0 Å². The Morgan fingerprint density at radius 3 is 2.94 bits per heavy atom. The molecule has 0 aromatic heterocycles. The monoisotopic (exact) mass is 251 g/mol. The van der Waals surface area contributed by atoms with Crippen molar-refractivity contribution in [2.75, 3.05) is 56.7 Å². The molecule has 0 radical (unpaired) electrons. The van der Waals surface area contributed by atoms with Crippen LogP contribution in [0.15, 0.2) is 23.1 Å². The molecule has 0 fully saturated rings. The number of rotatable bonds is 4. The van der Waals surface area contributed by atoms with E-state index in [4.69, 9.17) is 0 Å². The van der Waals surface area contributed by atoms with Crippen LogP contribution in [0.4, 0.5) is 11.4 Å². The fourth-order valence-corrected chi connectivity index (χ4v) is 3.07. The minimum atomic E-state index is 1.11. The molecule has 0 aliphatic carbocycles. The second-order valence-corrected chi connectivity index (χ2v) is 5.71. The Hall–Kier alpha value is -0.870. The standard InChI is InChI=1S/C13H21N3S/c1-14-11-4-5-12-13(10-11)17-9-8-16(12)7-6-15(2)3/h4-5,10,14H,6-9H2,1-3H3. The van der Waals surface area contributed by atoms with Gasteiger partial charge in [-0.1, -0.05) is 0 Å². The van der Waals surface area contributed by atoms with Gasteiger partial charge in [-0.05, 0) is 32.3 Å². The van der Waals surface area contributed by atoms with Gasteiger partial charge in [0.25, 0.3) is 0 Å². The Morgan fingerprint density at radius 2 is 2.24 bits per heavy atom. The predicted octanol–water partition coefficient (Wildman–Crippen LogP) is 2.20. The number of nitrogens with zero attached hydrogens (tertiary/aromatic N) is 2. The molecular formula is C13H21N3S. The van der Waals surface area contributed by atoms with Crippen molar-refractivity contribution in [1.29, 1.82) is 0 Å². The lowest BCUT2D eigenvalue weighted by Gasteiger charge is -2.32. The van der Waals surface area contributed by atoms with Gasteiger partial charge in [-0.2, -0.15) is 0 Å². The van der Waals surface area contributed by atoms with Crippen molar-refractivity contribution in [3.05, 3.63) is 18.2 Å². The zero-order chi connectivity index (χ0) is 12.3. The highest BCUT2D eigenvalue weighted by molar-refractivity contribution is 7.99. The Labute approximate surface area is 108 Å². The van der Waals surface area contributed by atoms with Crippen LogP contribution in [0.2, 0.25) is 0 Å².